The molecule has 0 unspecified atom stereocenters. The summed E-state index contributed by atoms with van der Waals surface area (Å²) in [4.78, 5) is 31.0. The Hall–Kier alpha value is -2.60. The molecule has 6 heteroatoms. The zero-order valence-corrected chi connectivity index (χ0v) is 16.1. The van der Waals surface area contributed by atoms with Gasteiger partial charge in [0.25, 0.3) is 0 Å². The van der Waals surface area contributed by atoms with Crippen LogP contribution >= 0.6 is 11.8 Å². The lowest BCUT2D eigenvalue weighted by Gasteiger charge is -2.15. The third-order valence-electron chi connectivity index (χ3n) is 4.20. The van der Waals surface area contributed by atoms with Gasteiger partial charge in [0, 0.05) is 19.5 Å². The Balaban J connectivity index is 1.65. The van der Waals surface area contributed by atoms with Gasteiger partial charge >= 0.3 is 0 Å². The van der Waals surface area contributed by atoms with Crippen LogP contribution in [-0.2, 0) is 16.0 Å². The zero-order valence-electron chi connectivity index (χ0n) is 15.3. The smallest absolute Gasteiger partial charge is 0.247 e. The highest BCUT2D eigenvalue weighted by atomic mass is 32.2. The quantitative estimate of drug-likeness (QED) is 0.474. The second-order valence-electron chi connectivity index (χ2n) is 6.17. The minimum atomic E-state index is -0.438. The van der Waals surface area contributed by atoms with Crippen LogP contribution in [0.4, 0.5) is 5.69 Å². The molecule has 140 valence electrons. The highest BCUT2D eigenvalue weighted by Gasteiger charge is 2.40. The number of amidine groups is 1. The molecular formula is C21H23N3O2S. The Morgan fingerprint density at radius 2 is 1.78 bits per heavy atom. The number of nitrogens with one attached hydrogen (secondary N) is 1. The predicted molar refractivity (Wildman–Crippen MR) is 111 cm³/mol. The summed E-state index contributed by atoms with van der Waals surface area (Å²) in [6, 6.07) is 19.2. The van der Waals surface area contributed by atoms with Crippen LogP contribution in [0.3, 0.4) is 0 Å². The molecule has 2 aromatic carbocycles. The molecule has 0 spiro atoms. The summed E-state index contributed by atoms with van der Waals surface area (Å²) in [6.45, 7) is 3.34. The lowest BCUT2D eigenvalue weighted by Crippen LogP contribution is -2.32. The lowest BCUT2D eigenvalue weighted by molar-refractivity contribution is -0.121. The number of rotatable bonds is 6. The number of hydrogen-bond acceptors (Lipinski definition) is 4. The number of thioether (sulfide) groups is 1. The number of para-hydroxylation sites is 1. The van der Waals surface area contributed by atoms with Crippen molar-refractivity contribution in [1.29, 1.82) is 0 Å². The highest BCUT2D eigenvalue weighted by molar-refractivity contribution is 8.15. The van der Waals surface area contributed by atoms with Crippen LogP contribution in [0.25, 0.3) is 0 Å². The Labute approximate surface area is 163 Å². The number of imide groups is 1. The van der Waals surface area contributed by atoms with E-state index >= 15 is 0 Å². The number of amides is 2. The van der Waals surface area contributed by atoms with E-state index in [2.05, 4.69) is 22.4 Å². The van der Waals surface area contributed by atoms with Crippen LogP contribution < -0.4 is 10.2 Å². The fourth-order valence-electron chi connectivity index (χ4n) is 2.90. The van der Waals surface area contributed by atoms with E-state index < -0.39 is 5.25 Å². The van der Waals surface area contributed by atoms with Gasteiger partial charge in [-0.3, -0.25) is 14.6 Å². The van der Waals surface area contributed by atoms with E-state index in [1.54, 1.807) is 12.1 Å². The van der Waals surface area contributed by atoms with Gasteiger partial charge in [0.1, 0.15) is 5.25 Å². The van der Waals surface area contributed by atoms with Gasteiger partial charge in [-0.1, -0.05) is 60.3 Å². The van der Waals surface area contributed by atoms with Crippen LogP contribution in [0, 0.1) is 0 Å². The number of hydrogen-bond donors (Lipinski definition) is 1. The molecule has 1 atom stereocenters. The fraction of sp³-hybridized carbons (Fsp3) is 0.286. The standard InChI is InChI=1S/C21H23N3O2S/c1-2-22-21(23-14-13-16-9-5-3-6-10-16)27-18-15-19(25)24(20(18)26)17-11-7-4-8-12-17/h3-12,18H,2,13-15H2,1H3,(H,22,23)/t18-/m1/s1. The topological polar surface area (TPSA) is 61.8 Å². The van der Waals surface area contributed by atoms with Gasteiger partial charge in [-0.25, -0.2) is 4.90 Å². The van der Waals surface area contributed by atoms with Gasteiger partial charge in [-0.15, -0.1) is 0 Å². The van der Waals surface area contributed by atoms with Crippen LogP contribution in [0.15, 0.2) is 65.7 Å². The normalized spacial score (nSPS) is 17.4. The summed E-state index contributed by atoms with van der Waals surface area (Å²) in [6.07, 6.45) is 1.03. The molecule has 1 fully saturated rings. The van der Waals surface area contributed by atoms with E-state index in [9.17, 15) is 9.59 Å². The molecule has 27 heavy (non-hydrogen) atoms. The van der Waals surface area contributed by atoms with Crippen LogP contribution in [0.5, 0.6) is 0 Å². The first kappa shape index (κ1) is 19.2. The van der Waals surface area contributed by atoms with Crippen molar-refractivity contribution in [2.75, 3.05) is 18.0 Å². The van der Waals surface area contributed by atoms with Gasteiger partial charge in [-0.2, -0.15) is 0 Å². The van der Waals surface area contributed by atoms with Gasteiger partial charge < -0.3 is 5.32 Å². The van der Waals surface area contributed by atoms with Crippen molar-refractivity contribution in [1.82, 2.24) is 5.32 Å². The van der Waals surface area contributed by atoms with E-state index in [4.69, 9.17) is 0 Å². The maximum absolute atomic E-state index is 12.8. The van der Waals surface area contributed by atoms with E-state index in [1.807, 2.05) is 43.3 Å². The largest absolute Gasteiger partial charge is 0.365 e. The molecule has 1 N–H and O–H groups in total. The highest BCUT2D eigenvalue weighted by Crippen LogP contribution is 2.29. The van der Waals surface area contributed by atoms with Crippen molar-refractivity contribution < 1.29 is 9.59 Å². The molecule has 0 aromatic heterocycles. The van der Waals surface area contributed by atoms with Crippen molar-refractivity contribution in [2.24, 2.45) is 4.99 Å². The average molecular weight is 382 g/mol. The number of benzene rings is 2. The Bertz CT molecular complexity index is 809. The maximum Gasteiger partial charge on any atom is 0.247 e. The summed E-state index contributed by atoms with van der Waals surface area (Å²) in [7, 11) is 0. The number of anilines is 1. The fourth-order valence-corrected chi connectivity index (χ4v) is 3.99. The Morgan fingerprint density at radius 3 is 2.44 bits per heavy atom. The second-order valence-corrected chi connectivity index (χ2v) is 7.36. The van der Waals surface area contributed by atoms with E-state index in [1.165, 1.54) is 22.2 Å². The number of nitrogens with zero attached hydrogens (tertiary/aromatic N) is 2. The lowest BCUT2D eigenvalue weighted by atomic mass is 10.2. The van der Waals surface area contributed by atoms with Gasteiger partial charge in [-0.05, 0) is 31.0 Å². The summed E-state index contributed by atoms with van der Waals surface area (Å²) in [5.74, 6) is -0.339. The third-order valence-corrected chi connectivity index (χ3v) is 5.35. The molecule has 3 rings (SSSR count). The monoisotopic (exact) mass is 381 g/mol. The van der Waals surface area contributed by atoms with Crippen molar-refractivity contribution in [2.45, 2.75) is 25.0 Å². The molecule has 2 aromatic rings. The Morgan fingerprint density at radius 1 is 1.11 bits per heavy atom. The van der Waals surface area contributed by atoms with Crippen molar-refractivity contribution in [3.63, 3.8) is 0 Å². The SMILES string of the molecule is CCNC(=NCCc1ccccc1)S[C@@H]1CC(=O)N(c2ccccc2)C1=O. The summed E-state index contributed by atoms with van der Waals surface area (Å²) in [5.41, 5.74) is 1.85. The number of carbonyl (C=O) groups is 2. The maximum atomic E-state index is 12.8. The van der Waals surface area contributed by atoms with Crippen molar-refractivity contribution >= 4 is 34.4 Å². The molecule has 1 heterocycles. The van der Waals surface area contributed by atoms with Crippen LogP contribution in [0.1, 0.15) is 18.9 Å². The molecular weight excluding hydrogens is 358 g/mol. The summed E-state index contributed by atoms with van der Waals surface area (Å²) < 4.78 is 0. The molecule has 5 nitrogen and oxygen atoms in total. The molecule has 1 aliphatic heterocycles. The van der Waals surface area contributed by atoms with Crippen molar-refractivity contribution in [3.8, 4) is 0 Å². The number of carbonyl (C=O) groups excluding carboxylic acids is 2. The van der Waals surface area contributed by atoms with Gasteiger partial charge in [0.05, 0.1) is 5.69 Å². The third kappa shape index (κ3) is 4.98. The van der Waals surface area contributed by atoms with Crippen LogP contribution in [-0.4, -0.2) is 35.3 Å². The molecule has 1 aliphatic rings. The molecule has 0 bridgehead atoms. The van der Waals surface area contributed by atoms with Gasteiger partial charge in [0.2, 0.25) is 11.8 Å². The summed E-state index contributed by atoms with van der Waals surface area (Å²) in [5, 5.41) is 3.50. The second kappa shape index (κ2) is 9.37. The molecule has 0 radical (unpaired) electrons. The van der Waals surface area contributed by atoms with E-state index in [-0.39, 0.29) is 18.2 Å². The first-order chi connectivity index (χ1) is 13.2. The summed E-state index contributed by atoms with van der Waals surface area (Å²) >= 11 is 1.35. The Kier molecular flexibility index (Phi) is 6.65. The minimum Gasteiger partial charge on any atom is -0.365 e. The van der Waals surface area contributed by atoms with E-state index in [0.717, 1.165) is 11.6 Å². The molecule has 0 saturated carbocycles. The first-order valence-electron chi connectivity index (χ1n) is 9.09. The zero-order chi connectivity index (χ0) is 19.1. The predicted octanol–water partition coefficient (Wildman–Crippen LogP) is 3.26. The minimum absolute atomic E-state index is 0.163. The van der Waals surface area contributed by atoms with Crippen LogP contribution in [0.2, 0.25) is 0 Å². The van der Waals surface area contributed by atoms with Gasteiger partial charge in [0.15, 0.2) is 5.17 Å². The first-order valence-corrected chi connectivity index (χ1v) is 9.97. The molecule has 2 amide bonds. The van der Waals surface area contributed by atoms with E-state index in [0.29, 0.717) is 18.8 Å². The molecule has 1 saturated heterocycles. The molecule has 0 aliphatic carbocycles. The average Bonchev–Trinajstić information content (AvgIpc) is 2.96. The number of aliphatic imine (C=N–C) groups is 1. The van der Waals surface area contributed by atoms with Crippen molar-refractivity contribution in [3.05, 3.63) is 66.2 Å².